The molecule has 2 fully saturated rings. The van der Waals surface area contributed by atoms with Gasteiger partial charge in [-0.3, -0.25) is 9.80 Å². The fraction of sp³-hybridized carbons (Fsp3) is 0.520. The molecule has 156 valence electrons. The van der Waals surface area contributed by atoms with Gasteiger partial charge >= 0.3 is 0 Å². The maximum absolute atomic E-state index is 3.72. The van der Waals surface area contributed by atoms with Crippen molar-refractivity contribution < 1.29 is 0 Å². The smallest absolute Gasteiger partial charge is 0.0234 e. The molecule has 0 spiro atoms. The minimum absolute atomic E-state index is 0.662. The van der Waals surface area contributed by atoms with Gasteiger partial charge in [0.25, 0.3) is 0 Å². The summed E-state index contributed by atoms with van der Waals surface area (Å²) < 4.78 is 0. The fourth-order valence-corrected chi connectivity index (χ4v) is 4.86. The molecular weight excluding hydrogens is 374 g/mol. The van der Waals surface area contributed by atoms with E-state index in [1.807, 2.05) is 11.8 Å². The molecule has 29 heavy (non-hydrogen) atoms. The van der Waals surface area contributed by atoms with Gasteiger partial charge < -0.3 is 5.32 Å². The highest BCUT2D eigenvalue weighted by Crippen LogP contribution is 2.32. The molecule has 0 aromatic heterocycles. The number of piperazine rings is 1. The average Bonchev–Trinajstić information content (AvgIpc) is 3.54. The van der Waals surface area contributed by atoms with Crippen molar-refractivity contribution in [3.8, 4) is 0 Å². The van der Waals surface area contributed by atoms with E-state index in [9.17, 15) is 0 Å². The Balaban J connectivity index is 1.44. The zero-order valence-electron chi connectivity index (χ0n) is 18.2. The SMILES string of the molecule is Cc1ccc(Sc2ccc(CN3CCN(C(C)C)CC3)cc2CNC2CC2)cc1. The molecule has 1 saturated carbocycles. The second-order valence-electron chi connectivity index (χ2n) is 8.92. The lowest BCUT2D eigenvalue weighted by Crippen LogP contribution is -2.48. The predicted molar refractivity (Wildman–Crippen MR) is 124 cm³/mol. The standard InChI is InChI=1S/C25H35N3S/c1-19(2)28-14-12-27(13-15-28)18-21-6-11-25(22(16-21)17-26-23-7-8-23)29-24-9-4-20(3)5-10-24/h4-6,9-11,16,19,23,26H,7-8,12-15,17-18H2,1-3H3. The van der Waals surface area contributed by atoms with Crippen molar-refractivity contribution in [1.29, 1.82) is 0 Å². The summed E-state index contributed by atoms with van der Waals surface area (Å²) in [6.45, 7) is 13.5. The van der Waals surface area contributed by atoms with Crippen LogP contribution in [0.2, 0.25) is 0 Å². The minimum Gasteiger partial charge on any atom is -0.310 e. The normalized spacial score (nSPS) is 18.5. The molecule has 1 aliphatic heterocycles. The summed E-state index contributed by atoms with van der Waals surface area (Å²) in [5, 5.41) is 3.72. The number of benzene rings is 2. The first-order chi connectivity index (χ1) is 14.1. The highest BCUT2D eigenvalue weighted by Gasteiger charge is 2.21. The molecule has 0 bridgehead atoms. The maximum Gasteiger partial charge on any atom is 0.0234 e. The molecule has 0 atom stereocenters. The van der Waals surface area contributed by atoms with Crippen LogP contribution in [0.4, 0.5) is 0 Å². The van der Waals surface area contributed by atoms with Crippen LogP contribution in [-0.2, 0) is 13.1 Å². The third-order valence-electron chi connectivity index (χ3n) is 6.08. The third-order valence-corrected chi connectivity index (χ3v) is 7.20. The Morgan fingerprint density at radius 2 is 1.72 bits per heavy atom. The summed E-state index contributed by atoms with van der Waals surface area (Å²) in [5.74, 6) is 0. The van der Waals surface area contributed by atoms with Crippen LogP contribution in [0.25, 0.3) is 0 Å². The van der Waals surface area contributed by atoms with E-state index in [0.717, 1.165) is 19.1 Å². The van der Waals surface area contributed by atoms with E-state index in [1.54, 1.807) is 0 Å². The Morgan fingerprint density at radius 1 is 1.00 bits per heavy atom. The molecule has 0 radical (unpaired) electrons. The van der Waals surface area contributed by atoms with Crippen molar-refractivity contribution in [2.45, 2.75) is 68.6 Å². The summed E-state index contributed by atoms with van der Waals surface area (Å²) in [5.41, 5.74) is 4.21. The molecule has 2 aliphatic rings. The molecule has 1 aliphatic carbocycles. The van der Waals surface area contributed by atoms with Crippen molar-refractivity contribution >= 4 is 11.8 Å². The number of hydrogen-bond acceptors (Lipinski definition) is 4. The van der Waals surface area contributed by atoms with Gasteiger partial charge in [0.2, 0.25) is 0 Å². The predicted octanol–water partition coefficient (Wildman–Crippen LogP) is 4.92. The summed E-state index contributed by atoms with van der Waals surface area (Å²) in [7, 11) is 0. The highest BCUT2D eigenvalue weighted by atomic mass is 32.2. The average molecular weight is 410 g/mol. The molecule has 0 amide bonds. The Labute approximate surface area is 180 Å². The van der Waals surface area contributed by atoms with Gasteiger partial charge in [0.1, 0.15) is 0 Å². The minimum atomic E-state index is 0.662. The van der Waals surface area contributed by atoms with Gasteiger partial charge in [-0.25, -0.2) is 0 Å². The van der Waals surface area contributed by atoms with Crippen LogP contribution in [0.5, 0.6) is 0 Å². The molecule has 4 heteroatoms. The summed E-state index contributed by atoms with van der Waals surface area (Å²) >= 11 is 1.89. The van der Waals surface area contributed by atoms with Crippen LogP contribution in [0.15, 0.2) is 52.3 Å². The zero-order chi connectivity index (χ0) is 20.2. The van der Waals surface area contributed by atoms with Gasteiger partial charge in [0, 0.05) is 61.1 Å². The Bertz CT molecular complexity index is 790. The number of aryl methyl sites for hydroxylation is 1. The summed E-state index contributed by atoms with van der Waals surface area (Å²) in [6.07, 6.45) is 2.67. The third kappa shape index (κ3) is 6.08. The van der Waals surface area contributed by atoms with Crippen molar-refractivity contribution in [1.82, 2.24) is 15.1 Å². The van der Waals surface area contributed by atoms with Gasteiger partial charge in [-0.1, -0.05) is 41.6 Å². The van der Waals surface area contributed by atoms with E-state index in [1.165, 1.54) is 65.5 Å². The number of rotatable bonds is 8. The van der Waals surface area contributed by atoms with Gasteiger partial charge in [0.05, 0.1) is 0 Å². The lowest BCUT2D eigenvalue weighted by molar-refractivity contribution is 0.104. The number of nitrogens with zero attached hydrogens (tertiary/aromatic N) is 2. The molecule has 1 heterocycles. The van der Waals surface area contributed by atoms with Gasteiger partial charge in [0.15, 0.2) is 0 Å². The first-order valence-electron chi connectivity index (χ1n) is 11.1. The van der Waals surface area contributed by atoms with Gasteiger partial charge in [-0.15, -0.1) is 0 Å². The van der Waals surface area contributed by atoms with E-state index >= 15 is 0 Å². The number of nitrogens with one attached hydrogen (secondary N) is 1. The monoisotopic (exact) mass is 409 g/mol. The summed E-state index contributed by atoms with van der Waals surface area (Å²) in [6, 6.07) is 17.4. The van der Waals surface area contributed by atoms with E-state index in [0.29, 0.717) is 6.04 Å². The second-order valence-corrected chi connectivity index (χ2v) is 10.0. The molecule has 1 saturated heterocycles. The van der Waals surface area contributed by atoms with Gasteiger partial charge in [-0.2, -0.15) is 0 Å². The molecule has 0 unspecified atom stereocenters. The highest BCUT2D eigenvalue weighted by molar-refractivity contribution is 7.99. The first kappa shape index (κ1) is 20.9. The second kappa shape index (κ2) is 9.65. The van der Waals surface area contributed by atoms with E-state index < -0.39 is 0 Å². The van der Waals surface area contributed by atoms with Gasteiger partial charge in [-0.05, 0) is 62.9 Å². The zero-order valence-corrected chi connectivity index (χ0v) is 19.0. The molecule has 1 N–H and O–H groups in total. The number of hydrogen-bond donors (Lipinski definition) is 1. The summed E-state index contributed by atoms with van der Waals surface area (Å²) in [4.78, 5) is 7.90. The molecule has 2 aromatic carbocycles. The van der Waals surface area contributed by atoms with Crippen molar-refractivity contribution in [2.75, 3.05) is 26.2 Å². The van der Waals surface area contributed by atoms with Crippen LogP contribution < -0.4 is 5.32 Å². The van der Waals surface area contributed by atoms with Crippen LogP contribution in [-0.4, -0.2) is 48.1 Å². The molecule has 4 rings (SSSR count). The van der Waals surface area contributed by atoms with Crippen LogP contribution in [0, 0.1) is 6.92 Å². The van der Waals surface area contributed by atoms with Crippen molar-refractivity contribution in [3.63, 3.8) is 0 Å². The fourth-order valence-electron chi connectivity index (χ4n) is 3.94. The largest absolute Gasteiger partial charge is 0.310 e. The van der Waals surface area contributed by atoms with Crippen molar-refractivity contribution in [3.05, 3.63) is 59.2 Å². The lowest BCUT2D eigenvalue weighted by Gasteiger charge is -2.37. The lowest BCUT2D eigenvalue weighted by atomic mass is 10.1. The quantitative estimate of drug-likeness (QED) is 0.666. The molecular formula is C25H35N3S. The van der Waals surface area contributed by atoms with Crippen LogP contribution >= 0.6 is 11.8 Å². The van der Waals surface area contributed by atoms with E-state index in [2.05, 4.69) is 78.4 Å². The Hall–Kier alpha value is -1.33. The Morgan fingerprint density at radius 3 is 2.38 bits per heavy atom. The van der Waals surface area contributed by atoms with E-state index in [-0.39, 0.29) is 0 Å². The topological polar surface area (TPSA) is 18.5 Å². The maximum atomic E-state index is 3.72. The van der Waals surface area contributed by atoms with Crippen LogP contribution in [0.1, 0.15) is 43.4 Å². The Kier molecular flexibility index (Phi) is 6.96. The van der Waals surface area contributed by atoms with Crippen LogP contribution in [0.3, 0.4) is 0 Å². The van der Waals surface area contributed by atoms with Crippen molar-refractivity contribution in [2.24, 2.45) is 0 Å². The molecule has 2 aromatic rings. The van der Waals surface area contributed by atoms with E-state index in [4.69, 9.17) is 0 Å². The molecule has 3 nitrogen and oxygen atoms in total. The first-order valence-corrected chi connectivity index (χ1v) is 11.9.